The van der Waals surface area contributed by atoms with Crippen molar-refractivity contribution < 1.29 is 43.5 Å². The van der Waals surface area contributed by atoms with Gasteiger partial charge in [0.25, 0.3) is 0 Å². The number of hydrogen-bond acceptors (Lipinski definition) is 9. The zero-order valence-electron chi connectivity index (χ0n) is 29.1. The van der Waals surface area contributed by atoms with E-state index in [1.165, 1.54) is 70.3 Å². The molecule has 0 saturated carbocycles. The average Bonchev–Trinajstić information content (AvgIpc) is 3.68. The summed E-state index contributed by atoms with van der Waals surface area (Å²) in [6, 6.07) is 0. The second-order valence-corrected chi connectivity index (χ2v) is 13.9. The molecule has 9 nitrogen and oxygen atoms in total. The zero-order chi connectivity index (χ0) is 34.2. The van der Waals surface area contributed by atoms with E-state index in [9.17, 15) is 24.6 Å². The lowest BCUT2D eigenvalue weighted by Gasteiger charge is -2.28. The summed E-state index contributed by atoms with van der Waals surface area (Å²) >= 11 is 0. The molecule has 47 heavy (non-hydrogen) atoms. The van der Waals surface area contributed by atoms with Gasteiger partial charge in [0.15, 0.2) is 0 Å². The quantitative estimate of drug-likeness (QED) is 0.0334. The number of unbranched alkanes of at least 4 members (excludes halogenated alkanes) is 12. The van der Waals surface area contributed by atoms with Crippen molar-refractivity contribution in [1.82, 2.24) is 0 Å². The molecule has 2 heterocycles. The standard InChI is InChI=1S/C38H60O9/c1-5-6-7-8-9-10-11-12-13-14-15-16-17-20-30(40)25-32(41)44-23-21-28(3)36(42)45-31-24-27(2)19-18-22-38(26-39)35(47-38)34-33(31)29(4)37(43)46-34/h19,21,30-31,33-35,39-40H,4-18,20,22-26H2,1-3H3/b27-19+,28-21+/t30-,31+,33+,34-,35+,38-/m0/s1. The van der Waals surface area contributed by atoms with Gasteiger partial charge in [-0.2, -0.15) is 0 Å². The van der Waals surface area contributed by atoms with Crippen molar-refractivity contribution in [3.05, 3.63) is 35.5 Å². The van der Waals surface area contributed by atoms with Crippen LogP contribution in [-0.2, 0) is 33.3 Å². The molecular formula is C38H60O9. The molecule has 0 aromatic heterocycles. The Hall–Kier alpha value is -2.49. The van der Waals surface area contributed by atoms with Crippen LogP contribution in [-0.4, -0.2) is 71.4 Å². The lowest BCUT2D eigenvalue weighted by atomic mass is 9.81. The van der Waals surface area contributed by atoms with Crippen LogP contribution in [0.25, 0.3) is 0 Å². The monoisotopic (exact) mass is 660 g/mol. The molecule has 1 aliphatic carbocycles. The van der Waals surface area contributed by atoms with E-state index in [4.69, 9.17) is 18.9 Å². The molecule has 6 atom stereocenters. The molecule has 2 N–H and O–H groups in total. The van der Waals surface area contributed by atoms with Gasteiger partial charge < -0.3 is 29.2 Å². The van der Waals surface area contributed by atoms with E-state index in [1.54, 1.807) is 6.92 Å². The molecule has 3 rings (SSSR count). The Morgan fingerprint density at radius 3 is 2.30 bits per heavy atom. The summed E-state index contributed by atoms with van der Waals surface area (Å²) in [6.07, 6.45) is 19.3. The highest BCUT2D eigenvalue weighted by molar-refractivity contribution is 5.92. The number of aliphatic hydroxyl groups is 2. The van der Waals surface area contributed by atoms with E-state index in [0.717, 1.165) is 24.8 Å². The van der Waals surface area contributed by atoms with Crippen molar-refractivity contribution in [2.24, 2.45) is 5.92 Å². The van der Waals surface area contributed by atoms with Gasteiger partial charge in [-0.1, -0.05) is 109 Å². The van der Waals surface area contributed by atoms with Crippen LogP contribution in [0.2, 0.25) is 0 Å². The summed E-state index contributed by atoms with van der Waals surface area (Å²) in [7, 11) is 0. The van der Waals surface area contributed by atoms with E-state index >= 15 is 0 Å². The van der Waals surface area contributed by atoms with Crippen LogP contribution in [0, 0.1) is 5.92 Å². The van der Waals surface area contributed by atoms with E-state index < -0.39 is 53.8 Å². The number of carbonyl (C=O) groups excluding carboxylic acids is 3. The number of allylic oxidation sites excluding steroid dienone is 1. The maximum atomic E-state index is 13.1. The van der Waals surface area contributed by atoms with Crippen molar-refractivity contribution in [1.29, 1.82) is 0 Å². The molecule has 0 amide bonds. The maximum Gasteiger partial charge on any atom is 0.334 e. The summed E-state index contributed by atoms with van der Waals surface area (Å²) in [5.41, 5.74) is 0.671. The van der Waals surface area contributed by atoms with Gasteiger partial charge in [0.05, 0.1) is 25.0 Å². The van der Waals surface area contributed by atoms with Crippen molar-refractivity contribution >= 4 is 17.9 Å². The van der Waals surface area contributed by atoms with Crippen LogP contribution < -0.4 is 0 Å². The molecular weight excluding hydrogens is 600 g/mol. The Kier molecular flexibility index (Phi) is 16.7. The summed E-state index contributed by atoms with van der Waals surface area (Å²) in [6.45, 7) is 9.37. The van der Waals surface area contributed by atoms with Crippen LogP contribution in [0.5, 0.6) is 0 Å². The smallest absolute Gasteiger partial charge is 0.334 e. The summed E-state index contributed by atoms with van der Waals surface area (Å²) in [5, 5.41) is 20.3. The van der Waals surface area contributed by atoms with Gasteiger partial charge in [-0.15, -0.1) is 0 Å². The molecule has 0 aromatic carbocycles. The number of carbonyl (C=O) groups is 3. The number of fused-ring (bicyclic) bond motifs is 3. The van der Waals surface area contributed by atoms with Gasteiger partial charge in [-0.3, -0.25) is 4.79 Å². The van der Waals surface area contributed by atoms with Crippen LogP contribution in [0.3, 0.4) is 0 Å². The average molecular weight is 661 g/mol. The molecule has 9 heteroatoms. The minimum atomic E-state index is -0.782. The topological polar surface area (TPSA) is 132 Å². The molecule has 0 spiro atoms. The van der Waals surface area contributed by atoms with E-state index in [2.05, 4.69) is 13.5 Å². The van der Waals surface area contributed by atoms with Gasteiger partial charge in [0.1, 0.15) is 30.5 Å². The SMILES string of the molecule is C=C1C(=O)O[C@H]2[C@H]1[C@H](OC(=O)/C(C)=C/COC(=O)C[C@@H](O)CCCCCCCCCCCCCCC)C/C(C)=C/CC[C@@]1(CO)O[C@H]21. The van der Waals surface area contributed by atoms with E-state index in [-0.39, 0.29) is 30.8 Å². The second kappa shape index (κ2) is 20.1. The first-order chi connectivity index (χ1) is 22.6. The molecule has 0 aromatic rings. The van der Waals surface area contributed by atoms with Gasteiger partial charge in [-0.05, 0) is 39.2 Å². The van der Waals surface area contributed by atoms with Crippen molar-refractivity contribution in [2.45, 2.75) is 166 Å². The highest BCUT2D eigenvalue weighted by atomic mass is 16.7. The highest BCUT2D eigenvalue weighted by Crippen LogP contribution is 2.50. The Labute approximate surface area is 282 Å². The number of aliphatic hydroxyl groups excluding tert-OH is 2. The molecule has 0 radical (unpaired) electrons. The molecule has 0 unspecified atom stereocenters. The number of esters is 3. The predicted octanol–water partition coefficient (Wildman–Crippen LogP) is 6.98. The Morgan fingerprint density at radius 2 is 1.68 bits per heavy atom. The van der Waals surface area contributed by atoms with Gasteiger partial charge in [-0.25, -0.2) is 9.59 Å². The third-order valence-corrected chi connectivity index (χ3v) is 9.89. The van der Waals surface area contributed by atoms with E-state index in [1.807, 2.05) is 13.0 Å². The lowest BCUT2D eigenvalue weighted by molar-refractivity contribution is -0.149. The van der Waals surface area contributed by atoms with Gasteiger partial charge in [0.2, 0.25) is 0 Å². The Morgan fingerprint density at radius 1 is 1.06 bits per heavy atom. The third-order valence-electron chi connectivity index (χ3n) is 9.89. The van der Waals surface area contributed by atoms with Crippen LogP contribution in [0.15, 0.2) is 35.5 Å². The first-order valence-electron chi connectivity index (χ1n) is 18.2. The molecule has 266 valence electrons. The summed E-state index contributed by atoms with van der Waals surface area (Å²) in [5.74, 6) is -2.29. The Balaban J connectivity index is 1.34. The van der Waals surface area contributed by atoms with Crippen molar-refractivity contribution in [3.8, 4) is 0 Å². The molecule has 2 aliphatic heterocycles. The fourth-order valence-corrected chi connectivity index (χ4v) is 6.82. The lowest BCUT2D eigenvalue weighted by Crippen LogP contribution is -2.39. The highest BCUT2D eigenvalue weighted by Gasteiger charge is 2.65. The van der Waals surface area contributed by atoms with Crippen LogP contribution >= 0.6 is 0 Å². The third kappa shape index (κ3) is 12.5. The number of hydrogen-bond donors (Lipinski definition) is 2. The molecule has 0 bridgehead atoms. The number of rotatable bonds is 21. The molecule has 2 fully saturated rings. The van der Waals surface area contributed by atoms with Gasteiger partial charge >= 0.3 is 17.9 Å². The molecule has 2 saturated heterocycles. The largest absolute Gasteiger partial charge is 0.461 e. The normalized spacial score (nSPS) is 27.6. The fourth-order valence-electron chi connectivity index (χ4n) is 6.82. The van der Waals surface area contributed by atoms with Crippen molar-refractivity contribution in [3.63, 3.8) is 0 Å². The predicted molar refractivity (Wildman–Crippen MR) is 180 cm³/mol. The van der Waals surface area contributed by atoms with E-state index in [0.29, 0.717) is 25.7 Å². The summed E-state index contributed by atoms with van der Waals surface area (Å²) < 4.78 is 22.7. The molecule has 3 aliphatic rings. The second-order valence-electron chi connectivity index (χ2n) is 13.9. The fraction of sp³-hybridized carbons (Fsp3) is 0.763. The van der Waals surface area contributed by atoms with Crippen molar-refractivity contribution in [2.75, 3.05) is 13.2 Å². The summed E-state index contributed by atoms with van der Waals surface area (Å²) in [4.78, 5) is 37.9. The Bertz CT molecular complexity index is 1090. The zero-order valence-corrected chi connectivity index (χ0v) is 29.1. The van der Waals surface area contributed by atoms with Crippen LogP contribution in [0.1, 0.15) is 136 Å². The number of ether oxygens (including phenoxy) is 4. The minimum absolute atomic E-state index is 0.0823. The first kappa shape index (κ1) is 39.0. The van der Waals surface area contributed by atoms with Crippen LogP contribution in [0.4, 0.5) is 0 Å². The minimum Gasteiger partial charge on any atom is -0.461 e. The maximum absolute atomic E-state index is 13.1. The number of epoxide rings is 1. The first-order valence-corrected chi connectivity index (χ1v) is 18.2. The van der Waals surface area contributed by atoms with Gasteiger partial charge in [0, 0.05) is 17.6 Å².